The number of amides is 2. The SMILES string of the molecule is CC1(C)CC(=O)c2cc(C(=O)N3CCN(C(=O)C(C)(C)c4ccccc4)CC3)c(=O)[nH]c2C1. The van der Waals surface area contributed by atoms with E-state index >= 15 is 0 Å². The lowest BCUT2D eigenvalue weighted by Gasteiger charge is -2.38. The van der Waals surface area contributed by atoms with Crippen LogP contribution in [0.25, 0.3) is 0 Å². The molecule has 7 nitrogen and oxygen atoms in total. The number of benzene rings is 1. The summed E-state index contributed by atoms with van der Waals surface area (Å²) in [5.74, 6) is -0.433. The number of hydrogen-bond acceptors (Lipinski definition) is 4. The van der Waals surface area contributed by atoms with Crippen LogP contribution in [0.3, 0.4) is 0 Å². The smallest absolute Gasteiger partial charge is 0.261 e. The molecule has 1 aliphatic carbocycles. The summed E-state index contributed by atoms with van der Waals surface area (Å²) in [5.41, 5.74) is 0.639. The second kappa shape index (κ2) is 8.28. The number of hydrogen-bond donors (Lipinski definition) is 1. The van der Waals surface area contributed by atoms with Crippen molar-refractivity contribution in [1.82, 2.24) is 14.8 Å². The third-order valence-electron chi connectivity index (χ3n) is 6.83. The Labute approximate surface area is 193 Å². The maximum Gasteiger partial charge on any atom is 0.261 e. The van der Waals surface area contributed by atoms with Gasteiger partial charge in [-0.15, -0.1) is 0 Å². The first kappa shape index (κ1) is 23.0. The van der Waals surface area contributed by atoms with Crippen molar-refractivity contribution in [3.8, 4) is 0 Å². The first-order valence-corrected chi connectivity index (χ1v) is 11.4. The number of aromatic nitrogens is 1. The topological polar surface area (TPSA) is 90.6 Å². The fourth-order valence-electron chi connectivity index (χ4n) is 4.84. The summed E-state index contributed by atoms with van der Waals surface area (Å²) in [7, 11) is 0. The molecule has 0 unspecified atom stereocenters. The lowest BCUT2D eigenvalue weighted by molar-refractivity contribution is -0.137. The predicted molar refractivity (Wildman–Crippen MR) is 125 cm³/mol. The zero-order chi connectivity index (χ0) is 24.0. The molecule has 2 aliphatic rings. The molecule has 1 aromatic carbocycles. The highest BCUT2D eigenvalue weighted by atomic mass is 16.2. The number of carbonyl (C=O) groups is 3. The van der Waals surface area contributed by atoms with Gasteiger partial charge in [-0.1, -0.05) is 44.2 Å². The summed E-state index contributed by atoms with van der Waals surface area (Å²) < 4.78 is 0. The van der Waals surface area contributed by atoms with Crippen LogP contribution in [-0.4, -0.2) is 58.6 Å². The molecular formula is C26H31N3O4. The van der Waals surface area contributed by atoms with Crippen molar-refractivity contribution in [2.45, 2.75) is 46.0 Å². The molecule has 0 spiro atoms. The number of pyridine rings is 1. The monoisotopic (exact) mass is 449 g/mol. The van der Waals surface area contributed by atoms with Gasteiger partial charge in [0.05, 0.1) is 5.41 Å². The standard InChI is InChI=1S/C26H31N3O4/c1-25(2)15-20-18(21(30)16-25)14-19(22(31)27-20)23(32)28-10-12-29(13-11-28)24(33)26(3,4)17-8-6-5-7-9-17/h5-9,14H,10-13,15-16H2,1-4H3,(H,27,31). The van der Waals surface area contributed by atoms with E-state index in [-0.39, 0.29) is 22.7 Å². The number of fused-ring (bicyclic) bond motifs is 1. The van der Waals surface area contributed by atoms with Crippen molar-refractivity contribution < 1.29 is 14.4 Å². The summed E-state index contributed by atoms with van der Waals surface area (Å²) in [6.45, 7) is 9.28. The molecule has 4 rings (SSSR count). The van der Waals surface area contributed by atoms with Gasteiger partial charge in [0.15, 0.2) is 5.78 Å². The average Bonchev–Trinajstić information content (AvgIpc) is 2.77. The van der Waals surface area contributed by atoms with E-state index < -0.39 is 16.9 Å². The molecule has 0 bridgehead atoms. The molecule has 2 amide bonds. The van der Waals surface area contributed by atoms with Crippen LogP contribution in [0.1, 0.15) is 66.1 Å². The van der Waals surface area contributed by atoms with E-state index in [1.807, 2.05) is 58.0 Å². The minimum atomic E-state index is -0.669. The van der Waals surface area contributed by atoms with Gasteiger partial charge in [-0.25, -0.2) is 0 Å². The largest absolute Gasteiger partial charge is 0.338 e. The van der Waals surface area contributed by atoms with Crippen LogP contribution in [0.2, 0.25) is 0 Å². The Morgan fingerprint density at radius 2 is 1.55 bits per heavy atom. The van der Waals surface area contributed by atoms with Crippen LogP contribution in [0.5, 0.6) is 0 Å². The molecule has 2 aromatic rings. The molecule has 2 heterocycles. The van der Waals surface area contributed by atoms with Crippen molar-refractivity contribution in [1.29, 1.82) is 0 Å². The number of H-pyrrole nitrogens is 1. The van der Waals surface area contributed by atoms with Gasteiger partial charge >= 0.3 is 0 Å². The Balaban J connectivity index is 1.47. The van der Waals surface area contributed by atoms with Gasteiger partial charge in [0.1, 0.15) is 5.56 Å². The zero-order valence-electron chi connectivity index (χ0n) is 19.7. The minimum Gasteiger partial charge on any atom is -0.338 e. The molecule has 1 fully saturated rings. The second-order valence-corrected chi connectivity index (χ2v) is 10.4. The summed E-state index contributed by atoms with van der Waals surface area (Å²) >= 11 is 0. The summed E-state index contributed by atoms with van der Waals surface area (Å²) in [6, 6.07) is 11.1. The molecule has 1 aliphatic heterocycles. The first-order chi connectivity index (χ1) is 15.5. The molecule has 174 valence electrons. The summed E-state index contributed by atoms with van der Waals surface area (Å²) in [4.78, 5) is 57.7. The lowest BCUT2D eigenvalue weighted by atomic mass is 9.75. The van der Waals surface area contributed by atoms with Crippen LogP contribution >= 0.6 is 0 Å². The summed E-state index contributed by atoms with van der Waals surface area (Å²) in [6.07, 6.45) is 0.980. The third kappa shape index (κ3) is 4.36. The Bertz CT molecular complexity index is 1160. The minimum absolute atomic E-state index is 0.00815. The quantitative estimate of drug-likeness (QED) is 0.780. The average molecular weight is 450 g/mol. The molecular weight excluding hydrogens is 418 g/mol. The maximum atomic E-state index is 13.2. The highest BCUT2D eigenvalue weighted by Crippen LogP contribution is 2.33. The van der Waals surface area contributed by atoms with Gasteiger partial charge in [-0.2, -0.15) is 0 Å². The number of ketones is 1. The molecule has 7 heteroatoms. The normalized spacial score (nSPS) is 18.1. The Kier molecular flexibility index (Phi) is 5.76. The highest BCUT2D eigenvalue weighted by Gasteiger charge is 2.37. The Morgan fingerprint density at radius 3 is 2.18 bits per heavy atom. The Morgan fingerprint density at radius 1 is 0.939 bits per heavy atom. The van der Waals surface area contributed by atoms with E-state index in [0.29, 0.717) is 50.3 Å². The van der Waals surface area contributed by atoms with Crippen molar-refractivity contribution in [2.24, 2.45) is 5.41 Å². The number of nitrogens with one attached hydrogen (secondary N) is 1. The van der Waals surface area contributed by atoms with Crippen LogP contribution in [-0.2, 0) is 16.6 Å². The van der Waals surface area contributed by atoms with E-state index in [1.54, 1.807) is 9.80 Å². The number of rotatable bonds is 3. The fraction of sp³-hybridized carbons (Fsp3) is 0.462. The van der Waals surface area contributed by atoms with E-state index in [0.717, 1.165) is 5.56 Å². The molecule has 0 radical (unpaired) electrons. The first-order valence-electron chi connectivity index (χ1n) is 11.4. The Hall–Kier alpha value is -3.22. The van der Waals surface area contributed by atoms with Crippen LogP contribution < -0.4 is 5.56 Å². The number of nitrogens with zero attached hydrogens (tertiary/aromatic N) is 2. The molecule has 0 atom stereocenters. The highest BCUT2D eigenvalue weighted by molar-refractivity contribution is 6.02. The van der Waals surface area contributed by atoms with Gasteiger partial charge in [-0.3, -0.25) is 19.2 Å². The van der Waals surface area contributed by atoms with Gasteiger partial charge in [0, 0.05) is 43.9 Å². The number of piperazine rings is 1. The van der Waals surface area contributed by atoms with Crippen molar-refractivity contribution in [3.05, 3.63) is 69.1 Å². The van der Waals surface area contributed by atoms with Gasteiger partial charge in [0.25, 0.3) is 11.5 Å². The van der Waals surface area contributed by atoms with E-state index in [9.17, 15) is 19.2 Å². The van der Waals surface area contributed by atoms with Gasteiger partial charge in [0.2, 0.25) is 5.91 Å². The van der Waals surface area contributed by atoms with Crippen molar-refractivity contribution >= 4 is 17.6 Å². The molecule has 0 saturated carbocycles. The van der Waals surface area contributed by atoms with Crippen LogP contribution in [0, 0.1) is 5.41 Å². The third-order valence-corrected chi connectivity index (χ3v) is 6.83. The predicted octanol–water partition coefficient (Wildman–Crippen LogP) is 2.79. The van der Waals surface area contributed by atoms with Gasteiger partial charge < -0.3 is 14.8 Å². The van der Waals surface area contributed by atoms with E-state index in [1.165, 1.54) is 6.07 Å². The molecule has 33 heavy (non-hydrogen) atoms. The van der Waals surface area contributed by atoms with Crippen molar-refractivity contribution in [2.75, 3.05) is 26.2 Å². The maximum absolute atomic E-state index is 13.2. The molecule has 1 aromatic heterocycles. The van der Waals surface area contributed by atoms with E-state index in [2.05, 4.69) is 4.98 Å². The van der Waals surface area contributed by atoms with Crippen molar-refractivity contribution in [3.63, 3.8) is 0 Å². The van der Waals surface area contributed by atoms with Crippen LogP contribution in [0.15, 0.2) is 41.2 Å². The number of Topliss-reactive ketones (excluding diaryl/α,β-unsaturated/α-hetero) is 1. The molecule has 1 saturated heterocycles. The summed E-state index contributed by atoms with van der Waals surface area (Å²) in [5, 5.41) is 0. The molecule has 1 N–H and O–H groups in total. The lowest BCUT2D eigenvalue weighted by Crippen LogP contribution is -2.54. The fourth-order valence-corrected chi connectivity index (χ4v) is 4.84. The number of carbonyl (C=O) groups excluding carboxylic acids is 3. The van der Waals surface area contributed by atoms with Crippen LogP contribution in [0.4, 0.5) is 0 Å². The number of aromatic amines is 1. The second-order valence-electron chi connectivity index (χ2n) is 10.4. The zero-order valence-corrected chi connectivity index (χ0v) is 19.7. The van der Waals surface area contributed by atoms with E-state index in [4.69, 9.17) is 0 Å². The van der Waals surface area contributed by atoms with Gasteiger partial charge in [-0.05, 0) is 37.3 Å².